The number of nitrogens with zero attached hydrogens (tertiary/aromatic N) is 5. The normalized spacial score (nSPS) is 18.7. The fourth-order valence-corrected chi connectivity index (χ4v) is 2.79. The Morgan fingerprint density at radius 2 is 1.91 bits per heavy atom. The third-order valence-electron chi connectivity index (χ3n) is 4.05. The first-order valence-electron chi connectivity index (χ1n) is 7.51. The van der Waals surface area contributed by atoms with Gasteiger partial charge in [0, 0.05) is 25.6 Å². The SMILES string of the molecule is FC(F)Cn1ccc(-c2cn(CC3CCC(F)(F)CC3)nn2)n1. The quantitative estimate of drug-likeness (QED) is 0.790. The van der Waals surface area contributed by atoms with E-state index in [0.717, 1.165) is 4.68 Å². The Balaban J connectivity index is 1.61. The largest absolute Gasteiger partial charge is 0.266 e. The molecule has 1 saturated carbocycles. The molecule has 5 nitrogen and oxygen atoms in total. The van der Waals surface area contributed by atoms with Gasteiger partial charge < -0.3 is 0 Å². The summed E-state index contributed by atoms with van der Waals surface area (Å²) >= 11 is 0. The van der Waals surface area contributed by atoms with Crippen molar-refractivity contribution in [2.75, 3.05) is 0 Å². The molecule has 0 N–H and O–H groups in total. The molecule has 0 saturated heterocycles. The van der Waals surface area contributed by atoms with E-state index >= 15 is 0 Å². The molecule has 1 aliphatic rings. The third-order valence-corrected chi connectivity index (χ3v) is 4.05. The number of aromatic nitrogens is 5. The van der Waals surface area contributed by atoms with Crippen molar-refractivity contribution in [1.82, 2.24) is 24.8 Å². The number of rotatable bonds is 5. The molecule has 2 aromatic rings. The van der Waals surface area contributed by atoms with Crippen LogP contribution in [-0.2, 0) is 13.1 Å². The van der Waals surface area contributed by atoms with E-state index in [1.807, 2.05) is 0 Å². The first kappa shape index (κ1) is 15.9. The van der Waals surface area contributed by atoms with E-state index in [9.17, 15) is 17.6 Å². The van der Waals surface area contributed by atoms with Gasteiger partial charge in [-0.2, -0.15) is 5.10 Å². The van der Waals surface area contributed by atoms with E-state index < -0.39 is 18.9 Å². The molecule has 0 spiro atoms. The van der Waals surface area contributed by atoms with Gasteiger partial charge in [0.05, 0.1) is 6.20 Å². The first-order valence-corrected chi connectivity index (χ1v) is 7.51. The van der Waals surface area contributed by atoms with Crippen molar-refractivity contribution >= 4 is 0 Å². The lowest BCUT2D eigenvalue weighted by molar-refractivity contribution is -0.0476. The summed E-state index contributed by atoms with van der Waals surface area (Å²) in [5.41, 5.74) is 0.950. The maximum absolute atomic E-state index is 13.1. The minimum absolute atomic E-state index is 0.0861. The summed E-state index contributed by atoms with van der Waals surface area (Å²) in [4.78, 5) is 0. The molecule has 0 aromatic carbocycles. The zero-order valence-electron chi connectivity index (χ0n) is 12.4. The summed E-state index contributed by atoms with van der Waals surface area (Å²) < 4.78 is 53.6. The van der Waals surface area contributed by atoms with Crippen LogP contribution >= 0.6 is 0 Å². The second kappa shape index (κ2) is 6.29. The lowest BCUT2D eigenvalue weighted by atomic mass is 9.87. The highest BCUT2D eigenvalue weighted by Gasteiger charge is 2.35. The molecule has 1 fully saturated rings. The van der Waals surface area contributed by atoms with Gasteiger partial charge in [-0.3, -0.25) is 9.36 Å². The molecule has 3 rings (SSSR count). The molecule has 0 amide bonds. The van der Waals surface area contributed by atoms with Crippen molar-refractivity contribution in [2.24, 2.45) is 5.92 Å². The first-order chi connectivity index (χ1) is 10.9. The van der Waals surface area contributed by atoms with E-state index in [4.69, 9.17) is 0 Å². The van der Waals surface area contributed by atoms with Gasteiger partial charge in [0.15, 0.2) is 0 Å². The Morgan fingerprint density at radius 1 is 1.17 bits per heavy atom. The molecular weight excluding hydrogens is 314 g/mol. The average Bonchev–Trinajstić information content (AvgIpc) is 3.10. The van der Waals surface area contributed by atoms with Gasteiger partial charge in [0.2, 0.25) is 5.92 Å². The van der Waals surface area contributed by atoms with Crippen molar-refractivity contribution in [1.29, 1.82) is 0 Å². The highest BCUT2D eigenvalue weighted by Crippen LogP contribution is 2.36. The Bertz CT molecular complexity index is 641. The van der Waals surface area contributed by atoms with E-state index in [1.54, 1.807) is 16.9 Å². The molecular formula is C14H17F4N5. The summed E-state index contributed by atoms with van der Waals surface area (Å²) in [6.07, 6.45) is 1.42. The van der Waals surface area contributed by atoms with Crippen LogP contribution in [0.15, 0.2) is 18.5 Å². The lowest BCUT2D eigenvalue weighted by Gasteiger charge is -2.27. The zero-order valence-corrected chi connectivity index (χ0v) is 12.4. The molecule has 2 heterocycles. The van der Waals surface area contributed by atoms with Gasteiger partial charge >= 0.3 is 0 Å². The number of hydrogen-bond donors (Lipinski definition) is 0. The molecule has 0 bridgehead atoms. The van der Waals surface area contributed by atoms with Crippen LogP contribution in [0, 0.1) is 5.92 Å². The average molecular weight is 331 g/mol. The summed E-state index contributed by atoms with van der Waals surface area (Å²) in [5, 5.41) is 12.0. The van der Waals surface area contributed by atoms with E-state index in [1.165, 1.54) is 6.20 Å². The molecule has 0 unspecified atom stereocenters. The fraction of sp³-hybridized carbons (Fsp3) is 0.643. The van der Waals surface area contributed by atoms with Gasteiger partial charge in [-0.25, -0.2) is 17.6 Å². The molecule has 9 heteroatoms. The predicted molar refractivity (Wildman–Crippen MR) is 74.2 cm³/mol. The molecule has 0 atom stereocenters. The molecule has 23 heavy (non-hydrogen) atoms. The van der Waals surface area contributed by atoms with Crippen LogP contribution in [0.2, 0.25) is 0 Å². The number of alkyl halides is 4. The van der Waals surface area contributed by atoms with Crippen molar-refractivity contribution in [3.63, 3.8) is 0 Å². The highest BCUT2D eigenvalue weighted by atomic mass is 19.3. The van der Waals surface area contributed by atoms with Crippen molar-refractivity contribution in [3.8, 4) is 11.4 Å². The van der Waals surface area contributed by atoms with Crippen LogP contribution in [0.4, 0.5) is 17.6 Å². The second-order valence-electron chi connectivity index (χ2n) is 5.94. The maximum atomic E-state index is 13.1. The summed E-state index contributed by atoms with van der Waals surface area (Å²) in [6.45, 7) is 0.0608. The monoisotopic (exact) mass is 331 g/mol. The number of halogens is 4. The smallest absolute Gasteiger partial charge is 0.257 e. The van der Waals surface area contributed by atoms with Crippen molar-refractivity contribution in [2.45, 2.75) is 51.1 Å². The van der Waals surface area contributed by atoms with Gasteiger partial charge in [0.25, 0.3) is 6.43 Å². The molecule has 0 radical (unpaired) electrons. The Labute approximate surface area is 130 Å². The van der Waals surface area contributed by atoms with E-state index in [0.29, 0.717) is 30.8 Å². The van der Waals surface area contributed by atoms with Crippen LogP contribution in [0.5, 0.6) is 0 Å². The van der Waals surface area contributed by atoms with Crippen molar-refractivity contribution in [3.05, 3.63) is 18.5 Å². The zero-order chi connectivity index (χ0) is 16.4. The molecule has 0 aliphatic heterocycles. The third kappa shape index (κ3) is 4.08. The summed E-state index contributed by atoms with van der Waals surface area (Å²) in [5.74, 6) is -2.39. The van der Waals surface area contributed by atoms with Gasteiger partial charge in [-0.1, -0.05) is 5.21 Å². The lowest BCUT2D eigenvalue weighted by Crippen LogP contribution is -2.26. The van der Waals surface area contributed by atoms with Crippen LogP contribution in [-0.4, -0.2) is 37.1 Å². The molecule has 126 valence electrons. The van der Waals surface area contributed by atoms with Crippen LogP contribution in [0.3, 0.4) is 0 Å². The second-order valence-corrected chi connectivity index (χ2v) is 5.94. The summed E-state index contributed by atoms with van der Waals surface area (Å²) in [6, 6.07) is 1.60. The minimum Gasteiger partial charge on any atom is -0.266 e. The Hall–Kier alpha value is -1.93. The molecule has 1 aliphatic carbocycles. The van der Waals surface area contributed by atoms with Gasteiger partial charge in [-0.15, -0.1) is 5.10 Å². The Kier molecular flexibility index (Phi) is 4.36. The highest BCUT2D eigenvalue weighted by molar-refractivity contribution is 5.50. The molecule has 2 aromatic heterocycles. The van der Waals surface area contributed by atoms with Gasteiger partial charge in [0.1, 0.15) is 17.9 Å². The van der Waals surface area contributed by atoms with Crippen LogP contribution < -0.4 is 0 Å². The topological polar surface area (TPSA) is 48.5 Å². The maximum Gasteiger partial charge on any atom is 0.257 e. The summed E-state index contributed by atoms with van der Waals surface area (Å²) in [7, 11) is 0. The standard InChI is InChI=1S/C14H17F4N5/c15-13(16)9-22-6-3-11(20-22)12-8-23(21-19-12)7-10-1-4-14(17,18)5-2-10/h3,6,8,10,13H,1-2,4-5,7,9H2. The predicted octanol–water partition coefficient (Wildman–Crippen LogP) is 3.23. The van der Waals surface area contributed by atoms with E-state index in [-0.39, 0.29) is 18.8 Å². The number of hydrogen-bond acceptors (Lipinski definition) is 3. The van der Waals surface area contributed by atoms with E-state index in [2.05, 4.69) is 15.4 Å². The fourth-order valence-electron chi connectivity index (χ4n) is 2.79. The minimum atomic E-state index is -2.54. The van der Waals surface area contributed by atoms with Gasteiger partial charge in [-0.05, 0) is 24.8 Å². The van der Waals surface area contributed by atoms with Crippen molar-refractivity contribution < 1.29 is 17.6 Å². The van der Waals surface area contributed by atoms with Crippen LogP contribution in [0.25, 0.3) is 11.4 Å². The Morgan fingerprint density at radius 3 is 2.61 bits per heavy atom. The van der Waals surface area contributed by atoms with Crippen LogP contribution in [0.1, 0.15) is 25.7 Å².